The topological polar surface area (TPSA) is 104 Å². The average molecular weight is 565 g/mol. The maximum absolute atomic E-state index is 12.2. The maximum Gasteiger partial charge on any atom is 0.253 e. The van der Waals surface area contributed by atoms with Crippen LogP contribution in [0.2, 0.25) is 0 Å². The maximum atomic E-state index is 12.2. The fourth-order valence-electron chi connectivity index (χ4n) is 3.51. The van der Waals surface area contributed by atoms with Crippen LogP contribution in [0.5, 0.6) is 0 Å². The smallest absolute Gasteiger partial charge is 0.253 e. The molecule has 1 fully saturated rings. The van der Waals surface area contributed by atoms with Crippen molar-refractivity contribution >= 4 is 47.4 Å². The number of rotatable bonds is 8. The SMILES string of the molecule is CN=C(NCCc1cccc(C(=O)NC)c1)NCc1cccc(NC(=O)C2CCCO2)c1.I. The quantitative estimate of drug-likeness (QED) is 0.224. The number of aliphatic imine (C=N–C) groups is 1. The lowest BCUT2D eigenvalue weighted by atomic mass is 10.1. The van der Waals surface area contributed by atoms with Crippen molar-refractivity contribution in [3.63, 3.8) is 0 Å². The molecule has 0 saturated carbocycles. The zero-order chi connectivity index (χ0) is 22.8. The predicted molar refractivity (Wildman–Crippen MR) is 141 cm³/mol. The molecular formula is C24H32IN5O3. The lowest BCUT2D eigenvalue weighted by Gasteiger charge is -2.14. The van der Waals surface area contributed by atoms with Crippen molar-refractivity contribution < 1.29 is 14.3 Å². The molecule has 178 valence electrons. The minimum atomic E-state index is -0.350. The van der Waals surface area contributed by atoms with E-state index in [0.29, 0.717) is 31.2 Å². The van der Waals surface area contributed by atoms with Crippen LogP contribution in [0, 0.1) is 0 Å². The number of carbonyl (C=O) groups excluding carboxylic acids is 2. The first-order valence-corrected chi connectivity index (χ1v) is 10.9. The number of nitrogens with one attached hydrogen (secondary N) is 4. The molecule has 0 radical (unpaired) electrons. The lowest BCUT2D eigenvalue weighted by molar-refractivity contribution is -0.124. The molecule has 2 aromatic carbocycles. The molecule has 1 heterocycles. The fourth-order valence-corrected chi connectivity index (χ4v) is 3.51. The van der Waals surface area contributed by atoms with Crippen molar-refractivity contribution in [1.29, 1.82) is 0 Å². The van der Waals surface area contributed by atoms with Crippen LogP contribution in [0.15, 0.2) is 53.5 Å². The van der Waals surface area contributed by atoms with Crippen LogP contribution < -0.4 is 21.3 Å². The number of amides is 2. The van der Waals surface area contributed by atoms with Gasteiger partial charge < -0.3 is 26.0 Å². The second-order valence-corrected chi connectivity index (χ2v) is 7.57. The van der Waals surface area contributed by atoms with Gasteiger partial charge in [0.25, 0.3) is 11.8 Å². The molecule has 4 N–H and O–H groups in total. The monoisotopic (exact) mass is 565 g/mol. The van der Waals surface area contributed by atoms with E-state index in [2.05, 4.69) is 26.3 Å². The largest absolute Gasteiger partial charge is 0.368 e. The molecule has 0 aromatic heterocycles. The van der Waals surface area contributed by atoms with Gasteiger partial charge in [0, 0.05) is 45.0 Å². The highest BCUT2D eigenvalue weighted by molar-refractivity contribution is 14.0. The van der Waals surface area contributed by atoms with Crippen molar-refractivity contribution in [1.82, 2.24) is 16.0 Å². The van der Waals surface area contributed by atoms with Crippen molar-refractivity contribution in [3.8, 4) is 0 Å². The number of ether oxygens (including phenoxy) is 1. The van der Waals surface area contributed by atoms with E-state index in [1.165, 1.54) is 0 Å². The number of hydrogen-bond donors (Lipinski definition) is 4. The molecule has 1 atom stereocenters. The van der Waals surface area contributed by atoms with E-state index >= 15 is 0 Å². The Morgan fingerprint density at radius 3 is 2.61 bits per heavy atom. The third kappa shape index (κ3) is 8.32. The number of nitrogens with zero attached hydrogens (tertiary/aromatic N) is 1. The summed E-state index contributed by atoms with van der Waals surface area (Å²) >= 11 is 0. The highest BCUT2D eigenvalue weighted by Crippen LogP contribution is 2.16. The molecule has 0 aliphatic carbocycles. The van der Waals surface area contributed by atoms with E-state index in [1.807, 2.05) is 42.5 Å². The number of anilines is 1. The third-order valence-electron chi connectivity index (χ3n) is 5.22. The van der Waals surface area contributed by atoms with Gasteiger partial charge in [0.05, 0.1) is 0 Å². The summed E-state index contributed by atoms with van der Waals surface area (Å²) in [6, 6.07) is 15.3. The Labute approximate surface area is 212 Å². The molecule has 1 aliphatic heterocycles. The molecule has 0 bridgehead atoms. The van der Waals surface area contributed by atoms with Crippen LogP contribution in [0.25, 0.3) is 0 Å². The van der Waals surface area contributed by atoms with E-state index in [9.17, 15) is 9.59 Å². The Kier molecular flexibility index (Phi) is 11.1. The second-order valence-electron chi connectivity index (χ2n) is 7.57. The van der Waals surface area contributed by atoms with Gasteiger partial charge in [-0.05, 0) is 54.7 Å². The Balaban J connectivity index is 0.00000385. The summed E-state index contributed by atoms with van der Waals surface area (Å²) in [4.78, 5) is 28.3. The van der Waals surface area contributed by atoms with E-state index in [-0.39, 0.29) is 41.9 Å². The summed E-state index contributed by atoms with van der Waals surface area (Å²) in [7, 11) is 3.35. The number of hydrogen-bond acceptors (Lipinski definition) is 4. The Morgan fingerprint density at radius 2 is 1.88 bits per heavy atom. The summed E-state index contributed by atoms with van der Waals surface area (Å²) in [6.07, 6.45) is 2.10. The van der Waals surface area contributed by atoms with Crippen LogP contribution in [0.1, 0.15) is 34.3 Å². The molecular weight excluding hydrogens is 533 g/mol. The summed E-state index contributed by atoms with van der Waals surface area (Å²) < 4.78 is 5.44. The van der Waals surface area contributed by atoms with E-state index < -0.39 is 0 Å². The number of benzene rings is 2. The molecule has 1 aliphatic rings. The first-order valence-electron chi connectivity index (χ1n) is 10.9. The van der Waals surface area contributed by atoms with Gasteiger partial charge in [-0.1, -0.05) is 24.3 Å². The molecule has 9 heteroatoms. The molecule has 8 nitrogen and oxygen atoms in total. The number of guanidine groups is 1. The Morgan fingerprint density at radius 1 is 1.09 bits per heavy atom. The number of carbonyl (C=O) groups is 2. The zero-order valence-corrected chi connectivity index (χ0v) is 21.3. The van der Waals surface area contributed by atoms with Gasteiger partial charge in [0.2, 0.25) is 0 Å². The van der Waals surface area contributed by atoms with Crippen LogP contribution >= 0.6 is 24.0 Å². The second kappa shape index (κ2) is 13.8. The summed E-state index contributed by atoms with van der Waals surface area (Å²) in [5, 5.41) is 12.1. The van der Waals surface area contributed by atoms with Crippen LogP contribution in [-0.4, -0.2) is 51.1 Å². The molecule has 0 spiro atoms. The highest BCUT2D eigenvalue weighted by atomic mass is 127. The van der Waals surface area contributed by atoms with Crippen LogP contribution in [0.4, 0.5) is 5.69 Å². The molecule has 1 saturated heterocycles. The summed E-state index contributed by atoms with van der Waals surface area (Å²) in [5.41, 5.74) is 3.50. The standard InChI is InChI=1S/C24H31N5O3.HI/c1-25-22(30)19-8-3-6-17(14-19)11-12-27-24(26-2)28-16-18-7-4-9-20(15-18)29-23(31)21-10-5-13-32-21;/h3-4,6-9,14-15,21H,5,10-13,16H2,1-2H3,(H,25,30)(H,29,31)(H2,26,27,28);1H. The predicted octanol–water partition coefficient (Wildman–Crippen LogP) is 2.69. The first-order chi connectivity index (χ1) is 15.6. The average Bonchev–Trinajstić information content (AvgIpc) is 3.36. The van der Waals surface area contributed by atoms with Gasteiger partial charge in [0.15, 0.2) is 5.96 Å². The van der Waals surface area contributed by atoms with Crippen molar-refractivity contribution in [2.45, 2.75) is 31.9 Å². The van der Waals surface area contributed by atoms with Gasteiger partial charge in [-0.3, -0.25) is 14.6 Å². The van der Waals surface area contributed by atoms with E-state index in [4.69, 9.17) is 4.74 Å². The van der Waals surface area contributed by atoms with E-state index in [1.54, 1.807) is 20.2 Å². The van der Waals surface area contributed by atoms with Crippen LogP contribution in [0.3, 0.4) is 0 Å². The molecule has 2 aromatic rings. The minimum Gasteiger partial charge on any atom is -0.368 e. The summed E-state index contributed by atoms with van der Waals surface area (Å²) in [6.45, 7) is 1.89. The normalized spacial score (nSPS) is 15.3. The molecule has 33 heavy (non-hydrogen) atoms. The molecule has 2 amide bonds. The van der Waals surface area contributed by atoms with Gasteiger partial charge in [0.1, 0.15) is 6.10 Å². The van der Waals surface area contributed by atoms with Gasteiger partial charge >= 0.3 is 0 Å². The van der Waals surface area contributed by atoms with Crippen LogP contribution in [-0.2, 0) is 22.5 Å². The third-order valence-corrected chi connectivity index (χ3v) is 5.22. The van der Waals surface area contributed by atoms with Crippen molar-refractivity contribution in [2.24, 2.45) is 4.99 Å². The van der Waals surface area contributed by atoms with Gasteiger partial charge in [-0.2, -0.15) is 0 Å². The van der Waals surface area contributed by atoms with Crippen molar-refractivity contribution in [2.75, 3.05) is 32.6 Å². The summed E-state index contributed by atoms with van der Waals surface area (Å²) in [5.74, 6) is 0.498. The Hall–Kier alpha value is -2.66. The first kappa shape index (κ1) is 26.6. The van der Waals surface area contributed by atoms with Gasteiger partial charge in [-0.25, -0.2) is 0 Å². The fraction of sp³-hybridized carbons (Fsp3) is 0.375. The highest BCUT2D eigenvalue weighted by Gasteiger charge is 2.23. The number of halogens is 1. The molecule has 1 unspecified atom stereocenters. The zero-order valence-electron chi connectivity index (χ0n) is 19.0. The van der Waals surface area contributed by atoms with Gasteiger partial charge in [-0.15, -0.1) is 24.0 Å². The Bertz CT molecular complexity index is 961. The molecule has 3 rings (SSSR count). The van der Waals surface area contributed by atoms with E-state index in [0.717, 1.165) is 36.1 Å². The lowest BCUT2D eigenvalue weighted by Crippen LogP contribution is -2.37. The minimum absolute atomic E-state index is 0. The van der Waals surface area contributed by atoms with Crippen molar-refractivity contribution in [3.05, 3.63) is 65.2 Å².